The molecule has 0 atom stereocenters. The van der Waals surface area contributed by atoms with Gasteiger partial charge in [0.05, 0.1) is 12.7 Å². The van der Waals surface area contributed by atoms with E-state index < -0.39 is 0 Å². The first-order valence-electron chi connectivity index (χ1n) is 5.07. The number of rotatable bonds is 2. The Balaban J connectivity index is 2.29. The molecule has 2 heterocycles. The lowest BCUT2D eigenvalue weighted by Crippen LogP contribution is -1.93. The monoisotopic (exact) mass is 227 g/mol. The van der Waals surface area contributed by atoms with Crippen LogP contribution in [0, 0.1) is 0 Å². The average Bonchev–Trinajstić information content (AvgIpc) is 2.86. The summed E-state index contributed by atoms with van der Waals surface area (Å²) in [5.74, 6) is 1.23. The van der Waals surface area contributed by atoms with Crippen LogP contribution in [-0.2, 0) is 0 Å². The highest BCUT2D eigenvalue weighted by Gasteiger charge is 2.14. The zero-order chi connectivity index (χ0) is 11.7. The number of hydrogen-bond acceptors (Lipinski definition) is 5. The number of nitrogens with zero attached hydrogens (tertiary/aromatic N) is 3. The van der Waals surface area contributed by atoms with Crippen molar-refractivity contribution in [2.75, 3.05) is 7.11 Å². The number of fused-ring (bicyclic) bond motifs is 1. The second kappa shape index (κ2) is 3.86. The normalized spacial score (nSPS) is 10.6. The lowest BCUT2D eigenvalue weighted by molar-refractivity contribution is 0.420. The third-order valence-corrected chi connectivity index (χ3v) is 2.47. The summed E-state index contributed by atoms with van der Waals surface area (Å²) in [7, 11) is 1.59. The molecule has 0 N–H and O–H groups in total. The van der Waals surface area contributed by atoms with E-state index in [1.54, 1.807) is 25.6 Å². The fraction of sp³-hybridized carbons (Fsp3) is 0.0833. The topological polar surface area (TPSA) is 61.0 Å². The molecule has 0 saturated carbocycles. The molecule has 1 aromatic carbocycles. The minimum absolute atomic E-state index is 0.606. The standard InChI is InChI=1S/C12H9N3O2/c1-16-11-8(12-13-5-2-6-14-12)3-4-9-10(11)15-7-17-9/h2-7H,1H3. The largest absolute Gasteiger partial charge is 0.494 e. The van der Waals surface area contributed by atoms with Gasteiger partial charge in [-0.2, -0.15) is 0 Å². The van der Waals surface area contributed by atoms with Crippen molar-refractivity contribution in [2.24, 2.45) is 0 Å². The Labute approximate surface area is 97.1 Å². The Morgan fingerprint density at radius 3 is 2.71 bits per heavy atom. The highest BCUT2D eigenvalue weighted by molar-refractivity contribution is 5.87. The van der Waals surface area contributed by atoms with Gasteiger partial charge in [-0.1, -0.05) is 0 Å². The lowest BCUT2D eigenvalue weighted by atomic mass is 10.1. The molecule has 0 aliphatic rings. The summed E-state index contributed by atoms with van der Waals surface area (Å²) in [6.07, 6.45) is 4.77. The third-order valence-electron chi connectivity index (χ3n) is 2.47. The van der Waals surface area contributed by atoms with Crippen LogP contribution in [0.1, 0.15) is 0 Å². The van der Waals surface area contributed by atoms with Gasteiger partial charge in [0.2, 0.25) is 0 Å². The highest BCUT2D eigenvalue weighted by Crippen LogP contribution is 2.33. The molecule has 84 valence electrons. The Hall–Kier alpha value is -2.43. The van der Waals surface area contributed by atoms with Crippen LogP contribution in [0.3, 0.4) is 0 Å². The number of methoxy groups -OCH3 is 1. The fourth-order valence-corrected chi connectivity index (χ4v) is 1.73. The van der Waals surface area contributed by atoms with Gasteiger partial charge in [0.1, 0.15) is 0 Å². The molecular weight excluding hydrogens is 218 g/mol. The van der Waals surface area contributed by atoms with Gasteiger partial charge in [-0.25, -0.2) is 15.0 Å². The summed E-state index contributed by atoms with van der Waals surface area (Å²) in [5, 5.41) is 0. The van der Waals surface area contributed by atoms with E-state index in [1.807, 2.05) is 12.1 Å². The van der Waals surface area contributed by atoms with Gasteiger partial charge in [0, 0.05) is 12.4 Å². The van der Waals surface area contributed by atoms with Crippen LogP contribution in [0.4, 0.5) is 0 Å². The molecule has 17 heavy (non-hydrogen) atoms. The summed E-state index contributed by atoms with van der Waals surface area (Å²) in [4.78, 5) is 12.5. The Morgan fingerprint density at radius 1 is 1.12 bits per heavy atom. The zero-order valence-electron chi connectivity index (χ0n) is 9.12. The number of aromatic nitrogens is 3. The van der Waals surface area contributed by atoms with Crippen LogP contribution in [0.25, 0.3) is 22.5 Å². The predicted octanol–water partition coefficient (Wildman–Crippen LogP) is 2.29. The van der Waals surface area contributed by atoms with Crippen molar-refractivity contribution >= 4 is 11.1 Å². The predicted molar refractivity (Wildman–Crippen MR) is 61.6 cm³/mol. The summed E-state index contributed by atoms with van der Waals surface area (Å²) in [5.41, 5.74) is 2.16. The molecule has 0 radical (unpaired) electrons. The van der Waals surface area contributed by atoms with E-state index in [0.29, 0.717) is 22.7 Å². The van der Waals surface area contributed by atoms with Gasteiger partial charge in [-0.15, -0.1) is 0 Å². The van der Waals surface area contributed by atoms with Crippen molar-refractivity contribution in [3.05, 3.63) is 37.0 Å². The first kappa shape index (κ1) is 9.77. The Morgan fingerprint density at radius 2 is 1.94 bits per heavy atom. The van der Waals surface area contributed by atoms with E-state index in [1.165, 1.54) is 6.39 Å². The number of hydrogen-bond donors (Lipinski definition) is 0. The molecule has 0 aliphatic heterocycles. The van der Waals surface area contributed by atoms with Gasteiger partial charge in [-0.05, 0) is 18.2 Å². The molecule has 3 aromatic rings. The number of oxazole rings is 1. The first-order valence-corrected chi connectivity index (χ1v) is 5.07. The second-order valence-electron chi connectivity index (χ2n) is 3.42. The molecule has 5 heteroatoms. The van der Waals surface area contributed by atoms with Gasteiger partial charge >= 0.3 is 0 Å². The molecule has 0 bridgehead atoms. The maximum atomic E-state index is 5.37. The fourth-order valence-electron chi connectivity index (χ4n) is 1.73. The molecule has 3 rings (SSSR count). The molecule has 0 unspecified atom stereocenters. The molecule has 0 fully saturated rings. The minimum Gasteiger partial charge on any atom is -0.494 e. The smallest absolute Gasteiger partial charge is 0.182 e. The van der Waals surface area contributed by atoms with E-state index >= 15 is 0 Å². The SMILES string of the molecule is COc1c(-c2ncccn2)ccc2ocnc12. The van der Waals surface area contributed by atoms with Crippen molar-refractivity contribution in [1.82, 2.24) is 15.0 Å². The van der Waals surface area contributed by atoms with E-state index in [-0.39, 0.29) is 0 Å². The van der Waals surface area contributed by atoms with E-state index in [4.69, 9.17) is 9.15 Å². The third kappa shape index (κ3) is 1.52. The Bertz CT molecular complexity index is 649. The number of benzene rings is 1. The van der Waals surface area contributed by atoms with Gasteiger partial charge in [-0.3, -0.25) is 0 Å². The van der Waals surface area contributed by atoms with E-state index in [2.05, 4.69) is 15.0 Å². The second-order valence-corrected chi connectivity index (χ2v) is 3.42. The van der Waals surface area contributed by atoms with Crippen LogP contribution in [0.15, 0.2) is 41.4 Å². The Kier molecular flexibility index (Phi) is 2.22. The van der Waals surface area contributed by atoms with E-state index in [0.717, 1.165) is 5.56 Å². The van der Waals surface area contributed by atoms with Gasteiger partial charge < -0.3 is 9.15 Å². The highest BCUT2D eigenvalue weighted by atomic mass is 16.5. The quantitative estimate of drug-likeness (QED) is 0.672. The molecule has 5 nitrogen and oxygen atoms in total. The van der Waals surface area contributed by atoms with Crippen molar-refractivity contribution in [3.63, 3.8) is 0 Å². The summed E-state index contributed by atoms with van der Waals surface area (Å²) in [6.45, 7) is 0. The van der Waals surface area contributed by atoms with Crippen molar-refractivity contribution in [1.29, 1.82) is 0 Å². The molecule has 0 saturated heterocycles. The minimum atomic E-state index is 0.606. The molecule has 2 aromatic heterocycles. The maximum Gasteiger partial charge on any atom is 0.182 e. The molecular formula is C12H9N3O2. The lowest BCUT2D eigenvalue weighted by Gasteiger charge is -2.06. The number of ether oxygens (including phenoxy) is 1. The van der Waals surface area contributed by atoms with Crippen LogP contribution >= 0.6 is 0 Å². The summed E-state index contributed by atoms with van der Waals surface area (Å²) < 4.78 is 10.6. The van der Waals surface area contributed by atoms with Crippen LogP contribution in [-0.4, -0.2) is 22.1 Å². The molecule has 0 aliphatic carbocycles. The summed E-state index contributed by atoms with van der Waals surface area (Å²) in [6, 6.07) is 5.46. The van der Waals surface area contributed by atoms with Crippen molar-refractivity contribution in [3.8, 4) is 17.1 Å². The maximum absolute atomic E-state index is 5.37. The molecule has 0 spiro atoms. The van der Waals surface area contributed by atoms with Crippen molar-refractivity contribution in [2.45, 2.75) is 0 Å². The van der Waals surface area contributed by atoms with Crippen LogP contribution in [0.5, 0.6) is 5.75 Å². The van der Waals surface area contributed by atoms with Crippen LogP contribution < -0.4 is 4.74 Å². The first-order chi connectivity index (χ1) is 8.40. The van der Waals surface area contributed by atoms with E-state index in [9.17, 15) is 0 Å². The van der Waals surface area contributed by atoms with Gasteiger partial charge in [0.25, 0.3) is 0 Å². The van der Waals surface area contributed by atoms with Crippen LogP contribution in [0.2, 0.25) is 0 Å². The zero-order valence-corrected chi connectivity index (χ0v) is 9.12. The van der Waals surface area contributed by atoms with Crippen molar-refractivity contribution < 1.29 is 9.15 Å². The average molecular weight is 227 g/mol. The summed E-state index contributed by atoms with van der Waals surface area (Å²) >= 11 is 0. The molecule has 0 amide bonds. The van der Waals surface area contributed by atoms with Gasteiger partial charge in [0.15, 0.2) is 29.1 Å².